The Morgan fingerprint density at radius 2 is 1.89 bits per heavy atom. The minimum atomic E-state index is -0.940. The first-order valence-electron chi connectivity index (χ1n) is 9.36. The summed E-state index contributed by atoms with van der Waals surface area (Å²) < 4.78 is 22.6. The van der Waals surface area contributed by atoms with Crippen molar-refractivity contribution in [2.45, 2.75) is 32.6 Å². The average Bonchev–Trinajstić information content (AvgIpc) is 2.66. The second-order valence-electron chi connectivity index (χ2n) is 7.12. The zero-order chi connectivity index (χ0) is 20.5. The van der Waals surface area contributed by atoms with Crippen LogP contribution in [-0.4, -0.2) is 30.1 Å². The van der Waals surface area contributed by atoms with Gasteiger partial charge in [0.1, 0.15) is 0 Å². The molecule has 0 aliphatic carbocycles. The van der Waals surface area contributed by atoms with Crippen LogP contribution >= 0.6 is 0 Å². The molecule has 0 spiro atoms. The van der Waals surface area contributed by atoms with Gasteiger partial charge in [-0.3, -0.25) is 9.00 Å². The highest BCUT2D eigenvalue weighted by Gasteiger charge is 2.10. The normalized spacial score (nSPS) is 11.9. The van der Waals surface area contributed by atoms with Crippen LogP contribution in [0.15, 0.2) is 42.5 Å². The van der Waals surface area contributed by atoms with Crippen LogP contribution in [0.3, 0.4) is 0 Å². The number of benzene rings is 2. The van der Waals surface area contributed by atoms with Gasteiger partial charge in [0.2, 0.25) is 0 Å². The van der Waals surface area contributed by atoms with Gasteiger partial charge in [0.15, 0.2) is 11.5 Å². The number of carbonyl (C=O) groups is 1. The average molecular weight is 404 g/mol. The molecule has 0 unspecified atom stereocenters. The number of ether oxygens (including phenoxy) is 2. The molecule has 0 bridgehead atoms. The largest absolute Gasteiger partial charge is 0.493 e. The molecule has 0 fully saturated rings. The van der Waals surface area contributed by atoms with Gasteiger partial charge in [-0.2, -0.15) is 0 Å². The lowest BCUT2D eigenvalue weighted by atomic mass is 10.1. The van der Waals surface area contributed by atoms with E-state index in [-0.39, 0.29) is 5.91 Å². The molecule has 0 saturated heterocycles. The zero-order valence-electron chi connectivity index (χ0n) is 17.0. The van der Waals surface area contributed by atoms with Crippen molar-refractivity contribution in [1.29, 1.82) is 0 Å². The number of rotatable bonds is 10. The molecule has 5 nitrogen and oxygen atoms in total. The molecule has 1 amide bonds. The van der Waals surface area contributed by atoms with Crippen LogP contribution in [-0.2, 0) is 23.1 Å². The molecule has 28 heavy (non-hydrogen) atoms. The minimum absolute atomic E-state index is 0.167. The maximum Gasteiger partial charge on any atom is 0.251 e. The summed E-state index contributed by atoms with van der Waals surface area (Å²) in [5.74, 6) is 2.22. The monoisotopic (exact) mass is 403 g/mol. The van der Waals surface area contributed by atoms with Gasteiger partial charge in [-0.15, -0.1) is 0 Å². The molecule has 0 saturated carbocycles. The van der Waals surface area contributed by atoms with Gasteiger partial charge < -0.3 is 14.8 Å². The Hall–Kier alpha value is -2.34. The molecule has 0 radical (unpaired) electrons. The van der Waals surface area contributed by atoms with Crippen molar-refractivity contribution in [3.63, 3.8) is 0 Å². The van der Waals surface area contributed by atoms with Crippen LogP contribution < -0.4 is 14.8 Å². The molecule has 0 heterocycles. The smallest absolute Gasteiger partial charge is 0.251 e. The van der Waals surface area contributed by atoms with Gasteiger partial charge in [-0.25, -0.2) is 0 Å². The van der Waals surface area contributed by atoms with E-state index in [4.69, 9.17) is 9.47 Å². The summed E-state index contributed by atoms with van der Waals surface area (Å²) >= 11 is 0. The number of amides is 1. The van der Waals surface area contributed by atoms with Crippen LogP contribution in [0, 0.1) is 5.92 Å². The van der Waals surface area contributed by atoms with Crippen molar-refractivity contribution in [2.24, 2.45) is 5.92 Å². The zero-order valence-corrected chi connectivity index (χ0v) is 17.8. The molecule has 152 valence electrons. The molecule has 1 N–H and O–H groups in total. The van der Waals surface area contributed by atoms with E-state index in [2.05, 4.69) is 19.2 Å². The fourth-order valence-corrected chi connectivity index (χ4v) is 3.32. The fourth-order valence-electron chi connectivity index (χ4n) is 2.67. The Morgan fingerprint density at radius 1 is 1.11 bits per heavy atom. The Kier molecular flexibility index (Phi) is 8.51. The summed E-state index contributed by atoms with van der Waals surface area (Å²) in [6, 6.07) is 12.9. The summed E-state index contributed by atoms with van der Waals surface area (Å²) in [5, 5.41) is 2.91. The predicted molar refractivity (Wildman–Crippen MR) is 113 cm³/mol. The van der Waals surface area contributed by atoms with Gasteiger partial charge >= 0.3 is 0 Å². The lowest BCUT2D eigenvalue weighted by Gasteiger charge is -2.13. The number of carbonyl (C=O) groups excluding carboxylic acids is 1. The Labute approximate surface area is 169 Å². The third-order valence-corrected chi connectivity index (χ3v) is 4.93. The Balaban J connectivity index is 1.98. The lowest BCUT2D eigenvalue weighted by Crippen LogP contribution is -2.23. The van der Waals surface area contributed by atoms with Crippen LogP contribution in [0.4, 0.5) is 0 Å². The quantitative estimate of drug-likeness (QED) is 0.653. The van der Waals surface area contributed by atoms with E-state index in [1.54, 1.807) is 25.5 Å². The van der Waals surface area contributed by atoms with Crippen LogP contribution in [0.2, 0.25) is 0 Å². The number of nitrogens with one attached hydrogen (secondary N) is 1. The summed E-state index contributed by atoms with van der Waals surface area (Å²) in [5.41, 5.74) is 2.37. The van der Waals surface area contributed by atoms with Crippen LogP contribution in [0.25, 0.3) is 0 Å². The minimum Gasteiger partial charge on any atom is -0.493 e. The first-order chi connectivity index (χ1) is 13.4. The predicted octanol–water partition coefficient (Wildman–Crippen LogP) is 3.93. The third kappa shape index (κ3) is 7.00. The molecule has 2 aromatic rings. The van der Waals surface area contributed by atoms with Crippen LogP contribution in [0.5, 0.6) is 11.5 Å². The standard InChI is InChI=1S/C22H29NO4S/c1-16(2)10-11-27-20-9-8-17(13-21(20)26-3)14-23-22(24)19-7-5-6-18(12-19)15-28(4)25/h5-9,12-13,16H,10-11,14-15H2,1-4H3,(H,23,24)/t28-/m1/s1. The summed E-state index contributed by atoms with van der Waals surface area (Å²) in [6.45, 7) is 5.34. The van der Waals surface area contributed by atoms with Crippen molar-refractivity contribution in [1.82, 2.24) is 5.32 Å². The fraction of sp³-hybridized carbons (Fsp3) is 0.409. The Bertz CT molecular complexity index is 820. The first-order valence-corrected chi connectivity index (χ1v) is 11.1. The van der Waals surface area contributed by atoms with Gasteiger partial charge in [0, 0.05) is 34.9 Å². The topological polar surface area (TPSA) is 64.6 Å². The molecule has 0 aromatic heterocycles. The second kappa shape index (κ2) is 10.9. The Morgan fingerprint density at radius 3 is 2.57 bits per heavy atom. The van der Waals surface area contributed by atoms with E-state index in [0.717, 1.165) is 17.5 Å². The number of hydrogen-bond acceptors (Lipinski definition) is 4. The molecule has 0 aliphatic rings. The molecular formula is C22H29NO4S. The van der Waals surface area contributed by atoms with E-state index in [1.165, 1.54) is 0 Å². The van der Waals surface area contributed by atoms with Crippen LogP contribution in [0.1, 0.15) is 41.8 Å². The molecular weight excluding hydrogens is 374 g/mol. The number of methoxy groups -OCH3 is 1. The van der Waals surface area contributed by atoms with Crippen molar-refractivity contribution in [2.75, 3.05) is 20.0 Å². The summed E-state index contributed by atoms with van der Waals surface area (Å²) in [7, 11) is 0.667. The van der Waals surface area contributed by atoms with Gasteiger partial charge in [0.25, 0.3) is 5.91 Å². The highest BCUT2D eigenvalue weighted by molar-refractivity contribution is 7.83. The molecule has 1 atom stereocenters. The molecule has 0 aliphatic heterocycles. The maximum absolute atomic E-state index is 12.4. The van der Waals surface area contributed by atoms with E-state index >= 15 is 0 Å². The van der Waals surface area contributed by atoms with Crippen molar-refractivity contribution < 1.29 is 18.5 Å². The number of hydrogen-bond donors (Lipinski definition) is 1. The lowest BCUT2D eigenvalue weighted by molar-refractivity contribution is 0.0950. The molecule has 6 heteroatoms. The molecule has 2 aromatic carbocycles. The van der Waals surface area contributed by atoms with Crippen molar-refractivity contribution >= 4 is 16.7 Å². The third-order valence-electron chi connectivity index (χ3n) is 4.19. The van der Waals surface area contributed by atoms with Crippen molar-refractivity contribution in [3.05, 3.63) is 59.2 Å². The highest BCUT2D eigenvalue weighted by Crippen LogP contribution is 2.28. The van der Waals surface area contributed by atoms with E-state index in [1.807, 2.05) is 30.3 Å². The van der Waals surface area contributed by atoms with E-state index in [9.17, 15) is 9.00 Å². The summed E-state index contributed by atoms with van der Waals surface area (Å²) in [4.78, 5) is 12.4. The molecule has 2 rings (SSSR count). The first kappa shape index (κ1) is 22.0. The maximum atomic E-state index is 12.4. The SMILES string of the molecule is COc1cc(CNC(=O)c2cccc(C[S@@](C)=O)c2)ccc1OCCC(C)C. The van der Waals surface area contributed by atoms with Gasteiger partial charge in [0.05, 0.1) is 13.7 Å². The van der Waals surface area contributed by atoms with Gasteiger partial charge in [-0.05, 0) is 47.7 Å². The summed E-state index contributed by atoms with van der Waals surface area (Å²) in [6.07, 6.45) is 2.63. The highest BCUT2D eigenvalue weighted by atomic mass is 32.2. The second-order valence-corrected chi connectivity index (χ2v) is 8.55. The van der Waals surface area contributed by atoms with E-state index < -0.39 is 10.8 Å². The van der Waals surface area contributed by atoms with Gasteiger partial charge in [-0.1, -0.05) is 32.0 Å². The van der Waals surface area contributed by atoms with Crippen molar-refractivity contribution in [3.8, 4) is 11.5 Å². The van der Waals surface area contributed by atoms with E-state index in [0.29, 0.717) is 41.9 Å².